The van der Waals surface area contributed by atoms with Crippen LogP contribution in [-0.2, 0) is 0 Å². The Bertz CT molecular complexity index is 582. The van der Waals surface area contributed by atoms with E-state index in [9.17, 15) is 0 Å². The van der Waals surface area contributed by atoms with Gasteiger partial charge in [0.05, 0.1) is 0 Å². The minimum absolute atomic E-state index is 1.06. The van der Waals surface area contributed by atoms with E-state index in [1.807, 2.05) is 36.1 Å². The first-order chi connectivity index (χ1) is 7.45. The van der Waals surface area contributed by atoms with E-state index in [1.54, 1.807) is 11.3 Å². The zero-order valence-electron chi connectivity index (χ0n) is 7.92. The van der Waals surface area contributed by atoms with Crippen molar-refractivity contribution in [2.45, 2.75) is 0 Å². The van der Waals surface area contributed by atoms with Crippen molar-refractivity contribution in [2.75, 3.05) is 0 Å². The van der Waals surface area contributed by atoms with Crippen molar-refractivity contribution in [1.29, 1.82) is 0 Å². The van der Waals surface area contributed by atoms with Crippen molar-refractivity contribution in [3.8, 4) is 10.6 Å². The highest BCUT2D eigenvalue weighted by atomic mass is 32.1. The largest absolute Gasteiger partial charge is 0.264 e. The second-order valence-electron chi connectivity index (χ2n) is 3.24. The molecule has 0 saturated carbocycles. The molecule has 0 aliphatic rings. The van der Waals surface area contributed by atoms with E-state index in [0.29, 0.717) is 0 Å². The molecule has 0 fully saturated rings. The highest BCUT2D eigenvalue weighted by molar-refractivity contribution is 7.13. The van der Waals surface area contributed by atoms with Crippen LogP contribution >= 0.6 is 11.3 Å². The van der Waals surface area contributed by atoms with E-state index in [4.69, 9.17) is 0 Å². The Labute approximate surface area is 91.2 Å². The molecule has 0 radical (unpaired) electrons. The second kappa shape index (κ2) is 3.44. The fourth-order valence-electron chi connectivity index (χ4n) is 1.67. The number of pyridine rings is 1. The monoisotopic (exact) mass is 212 g/mol. The van der Waals surface area contributed by atoms with Gasteiger partial charge >= 0.3 is 0 Å². The summed E-state index contributed by atoms with van der Waals surface area (Å²) in [7, 11) is 0. The van der Waals surface area contributed by atoms with Gasteiger partial charge in [0.1, 0.15) is 5.01 Å². The average Bonchev–Trinajstić information content (AvgIpc) is 2.82. The number of hydrogen-bond acceptors (Lipinski definition) is 3. The maximum absolute atomic E-state index is 4.33. The zero-order valence-corrected chi connectivity index (χ0v) is 8.74. The van der Waals surface area contributed by atoms with Crippen molar-refractivity contribution in [1.82, 2.24) is 9.97 Å². The van der Waals surface area contributed by atoms with Gasteiger partial charge in [-0.3, -0.25) is 4.98 Å². The Morgan fingerprint density at radius 3 is 2.93 bits per heavy atom. The summed E-state index contributed by atoms with van der Waals surface area (Å²) in [5.41, 5.74) is 1.19. The maximum atomic E-state index is 4.33. The number of rotatable bonds is 1. The van der Waals surface area contributed by atoms with E-state index < -0.39 is 0 Å². The van der Waals surface area contributed by atoms with Gasteiger partial charge in [-0.25, -0.2) is 4.98 Å². The lowest BCUT2D eigenvalue weighted by molar-refractivity contribution is 1.36. The van der Waals surface area contributed by atoms with Crippen LogP contribution in [0.5, 0.6) is 0 Å². The van der Waals surface area contributed by atoms with Crippen LogP contribution in [0.1, 0.15) is 0 Å². The standard InChI is InChI=1S/C12H8N2S/c1-2-9-8-13-5-4-10(9)11(3-1)12-14-6-7-15-12/h1-8H. The number of hydrogen-bond donors (Lipinski definition) is 0. The van der Waals surface area contributed by atoms with Gasteiger partial charge in [0.15, 0.2) is 0 Å². The number of thiazole rings is 1. The summed E-state index contributed by atoms with van der Waals surface area (Å²) in [6.45, 7) is 0. The fourth-order valence-corrected chi connectivity index (χ4v) is 2.34. The first kappa shape index (κ1) is 8.56. The van der Waals surface area contributed by atoms with E-state index >= 15 is 0 Å². The van der Waals surface area contributed by atoms with E-state index in [0.717, 1.165) is 10.4 Å². The molecule has 2 heterocycles. The number of aromatic nitrogens is 2. The molecule has 0 aliphatic heterocycles. The Balaban J connectivity index is 2.36. The predicted octanol–water partition coefficient (Wildman–Crippen LogP) is 3.36. The lowest BCUT2D eigenvalue weighted by atomic mass is 10.1. The molecule has 15 heavy (non-hydrogen) atoms. The molecule has 0 atom stereocenters. The molecule has 0 spiro atoms. The van der Waals surface area contributed by atoms with Crippen molar-refractivity contribution in [2.24, 2.45) is 0 Å². The molecular weight excluding hydrogens is 204 g/mol. The average molecular weight is 212 g/mol. The summed E-state index contributed by atoms with van der Waals surface area (Å²) < 4.78 is 0. The summed E-state index contributed by atoms with van der Waals surface area (Å²) in [5.74, 6) is 0. The van der Waals surface area contributed by atoms with Crippen LogP contribution in [0.25, 0.3) is 21.3 Å². The molecule has 0 amide bonds. The third-order valence-electron chi connectivity index (χ3n) is 2.34. The molecule has 3 rings (SSSR count). The zero-order chi connectivity index (χ0) is 10.1. The van der Waals surface area contributed by atoms with E-state index in [-0.39, 0.29) is 0 Å². The van der Waals surface area contributed by atoms with Gasteiger partial charge in [0, 0.05) is 34.9 Å². The van der Waals surface area contributed by atoms with Crippen LogP contribution in [0.3, 0.4) is 0 Å². The highest BCUT2D eigenvalue weighted by Gasteiger charge is 2.04. The van der Waals surface area contributed by atoms with Crippen LogP contribution in [0.15, 0.2) is 48.2 Å². The Morgan fingerprint density at radius 2 is 2.07 bits per heavy atom. The van der Waals surface area contributed by atoms with Gasteiger partial charge in [-0.15, -0.1) is 11.3 Å². The molecule has 3 heteroatoms. The molecule has 0 bridgehead atoms. The maximum Gasteiger partial charge on any atom is 0.123 e. The first-order valence-electron chi connectivity index (χ1n) is 4.68. The van der Waals surface area contributed by atoms with Crippen LogP contribution in [0.4, 0.5) is 0 Å². The summed E-state index contributed by atoms with van der Waals surface area (Å²) in [6.07, 6.45) is 5.53. The third kappa shape index (κ3) is 1.41. The van der Waals surface area contributed by atoms with Crippen LogP contribution in [0, 0.1) is 0 Å². The van der Waals surface area contributed by atoms with Crippen molar-refractivity contribution in [3.63, 3.8) is 0 Å². The lowest BCUT2D eigenvalue weighted by Crippen LogP contribution is -1.80. The quantitative estimate of drug-likeness (QED) is 0.618. The fraction of sp³-hybridized carbons (Fsp3) is 0. The molecule has 2 aromatic heterocycles. The molecule has 72 valence electrons. The normalized spacial score (nSPS) is 10.7. The van der Waals surface area contributed by atoms with Gasteiger partial charge in [-0.1, -0.05) is 18.2 Å². The predicted molar refractivity (Wildman–Crippen MR) is 62.9 cm³/mol. The summed E-state index contributed by atoms with van der Waals surface area (Å²) in [4.78, 5) is 8.45. The van der Waals surface area contributed by atoms with Gasteiger partial charge < -0.3 is 0 Å². The summed E-state index contributed by atoms with van der Waals surface area (Å²) >= 11 is 1.66. The molecule has 0 aliphatic carbocycles. The first-order valence-corrected chi connectivity index (χ1v) is 5.56. The topological polar surface area (TPSA) is 25.8 Å². The van der Waals surface area contributed by atoms with Crippen LogP contribution in [-0.4, -0.2) is 9.97 Å². The molecule has 1 aromatic carbocycles. The van der Waals surface area contributed by atoms with E-state index in [2.05, 4.69) is 22.1 Å². The minimum Gasteiger partial charge on any atom is -0.264 e. The molecule has 3 aromatic rings. The molecule has 2 nitrogen and oxygen atoms in total. The van der Waals surface area contributed by atoms with Crippen LogP contribution in [0.2, 0.25) is 0 Å². The SMILES string of the molecule is c1cc(-c2nccs2)c2ccncc2c1. The Hall–Kier alpha value is -1.74. The van der Waals surface area contributed by atoms with Crippen molar-refractivity contribution < 1.29 is 0 Å². The van der Waals surface area contributed by atoms with Gasteiger partial charge in [0.25, 0.3) is 0 Å². The van der Waals surface area contributed by atoms with E-state index in [1.165, 1.54) is 10.9 Å². The molecule has 0 unspecified atom stereocenters. The van der Waals surface area contributed by atoms with Gasteiger partial charge in [0.2, 0.25) is 0 Å². The third-order valence-corrected chi connectivity index (χ3v) is 3.15. The Kier molecular flexibility index (Phi) is 1.96. The van der Waals surface area contributed by atoms with Gasteiger partial charge in [-0.05, 0) is 11.5 Å². The highest BCUT2D eigenvalue weighted by Crippen LogP contribution is 2.28. The Morgan fingerprint density at radius 1 is 1.07 bits per heavy atom. The van der Waals surface area contributed by atoms with Crippen molar-refractivity contribution >= 4 is 22.1 Å². The molecular formula is C12H8N2S. The summed E-state index contributed by atoms with van der Waals surface area (Å²) in [5, 5.41) is 5.43. The summed E-state index contributed by atoms with van der Waals surface area (Å²) in [6, 6.07) is 8.24. The number of fused-ring (bicyclic) bond motifs is 1. The van der Waals surface area contributed by atoms with Gasteiger partial charge in [-0.2, -0.15) is 0 Å². The smallest absolute Gasteiger partial charge is 0.123 e. The minimum atomic E-state index is 1.06. The molecule has 0 N–H and O–H groups in total. The second-order valence-corrected chi connectivity index (χ2v) is 4.13. The number of nitrogens with zero attached hydrogens (tertiary/aromatic N) is 2. The van der Waals surface area contributed by atoms with Crippen molar-refractivity contribution in [3.05, 3.63) is 48.2 Å². The van der Waals surface area contributed by atoms with Crippen LogP contribution < -0.4 is 0 Å². The molecule has 0 saturated heterocycles. The number of benzene rings is 1. The lowest BCUT2D eigenvalue weighted by Gasteiger charge is -2.02.